The summed E-state index contributed by atoms with van der Waals surface area (Å²) in [6.07, 6.45) is -2.87. The average Bonchev–Trinajstić information content (AvgIpc) is 3.10. The summed E-state index contributed by atoms with van der Waals surface area (Å²) in [6.45, 7) is 0. The molecule has 0 fully saturated rings. The van der Waals surface area contributed by atoms with Gasteiger partial charge in [0, 0.05) is 28.2 Å². The van der Waals surface area contributed by atoms with E-state index in [0.717, 1.165) is 0 Å². The van der Waals surface area contributed by atoms with Crippen LogP contribution in [0.15, 0.2) is 35.8 Å². The minimum Gasteiger partial charge on any atom is -0.465 e. The van der Waals surface area contributed by atoms with E-state index in [1.165, 1.54) is 30.8 Å². The van der Waals surface area contributed by atoms with E-state index in [0.29, 0.717) is 33.4 Å². The van der Waals surface area contributed by atoms with E-state index in [1.54, 1.807) is 12.1 Å². The van der Waals surface area contributed by atoms with Gasteiger partial charge in [-0.15, -0.1) is 11.3 Å². The maximum Gasteiger partial charge on any atom is 0.426 e. The maximum absolute atomic E-state index is 13.0. The number of rotatable bonds is 2. The fourth-order valence-corrected chi connectivity index (χ4v) is 3.11. The molecule has 3 nitrogen and oxygen atoms in total. The summed E-state index contributed by atoms with van der Waals surface area (Å²) in [6, 6.07) is 6.16. The molecule has 0 bridgehead atoms. The van der Waals surface area contributed by atoms with Gasteiger partial charge in [-0.1, -0.05) is 6.07 Å². The monoisotopic (exact) mass is 325 g/mol. The van der Waals surface area contributed by atoms with Crippen LogP contribution >= 0.6 is 11.3 Å². The van der Waals surface area contributed by atoms with Gasteiger partial charge in [0.2, 0.25) is 0 Å². The first-order valence-corrected chi connectivity index (χ1v) is 7.14. The minimum absolute atomic E-state index is 0.134. The van der Waals surface area contributed by atoms with Gasteiger partial charge in [-0.2, -0.15) is 13.2 Å². The highest BCUT2D eigenvalue weighted by atomic mass is 32.1. The van der Waals surface area contributed by atoms with Crippen LogP contribution in [-0.4, -0.2) is 18.1 Å². The summed E-state index contributed by atoms with van der Waals surface area (Å²) in [5.74, 6) is -0.496. The van der Waals surface area contributed by atoms with E-state index in [1.807, 2.05) is 0 Å². The second-order valence-electron chi connectivity index (χ2n) is 4.62. The highest BCUT2D eigenvalue weighted by Gasteiger charge is 2.35. The third kappa shape index (κ3) is 2.37. The van der Waals surface area contributed by atoms with Crippen LogP contribution in [0, 0.1) is 0 Å². The number of ether oxygens (including phenoxy) is 1. The number of H-pyrrole nitrogens is 1. The molecule has 0 saturated carbocycles. The third-order valence-electron chi connectivity index (χ3n) is 3.32. The van der Waals surface area contributed by atoms with Gasteiger partial charge in [0.15, 0.2) is 0 Å². The lowest BCUT2D eigenvalue weighted by molar-refractivity contribution is -0.133. The number of methoxy groups -OCH3 is 1. The molecule has 0 amide bonds. The minimum atomic E-state index is -4.39. The molecule has 2 heterocycles. The number of esters is 1. The maximum atomic E-state index is 13.0. The van der Waals surface area contributed by atoms with Gasteiger partial charge >= 0.3 is 12.1 Å². The highest BCUT2D eigenvalue weighted by molar-refractivity contribution is 7.10. The molecule has 7 heteroatoms. The standard InChI is InChI=1S/C15H10F3NO2S/c1-21-14(20)8-2-3-9-11(7-19-12(9)6-8)10-4-5-22-13(10)15(16,17)18/h2-7,19H,1H3. The van der Waals surface area contributed by atoms with Crippen molar-refractivity contribution in [1.82, 2.24) is 4.98 Å². The molecule has 0 aliphatic carbocycles. The molecule has 0 aliphatic heterocycles. The first-order valence-electron chi connectivity index (χ1n) is 6.26. The zero-order chi connectivity index (χ0) is 15.9. The van der Waals surface area contributed by atoms with Crippen LogP contribution in [-0.2, 0) is 10.9 Å². The van der Waals surface area contributed by atoms with Crippen molar-refractivity contribution in [3.8, 4) is 11.1 Å². The number of nitrogens with one attached hydrogen (secondary N) is 1. The van der Waals surface area contributed by atoms with Crippen molar-refractivity contribution in [2.24, 2.45) is 0 Å². The van der Waals surface area contributed by atoms with Crippen molar-refractivity contribution < 1.29 is 22.7 Å². The van der Waals surface area contributed by atoms with E-state index in [-0.39, 0.29) is 5.56 Å². The largest absolute Gasteiger partial charge is 0.465 e. The van der Waals surface area contributed by atoms with Gasteiger partial charge in [-0.25, -0.2) is 4.79 Å². The molecule has 0 radical (unpaired) electrons. The highest BCUT2D eigenvalue weighted by Crippen LogP contribution is 2.42. The molecule has 0 unspecified atom stereocenters. The van der Waals surface area contributed by atoms with Crippen LogP contribution in [0.1, 0.15) is 15.2 Å². The molecule has 0 saturated heterocycles. The number of hydrogen-bond acceptors (Lipinski definition) is 3. The number of halogens is 3. The zero-order valence-electron chi connectivity index (χ0n) is 11.3. The molecule has 114 valence electrons. The predicted octanol–water partition coefficient (Wildman–Crippen LogP) is 4.70. The lowest BCUT2D eigenvalue weighted by Gasteiger charge is -2.07. The van der Waals surface area contributed by atoms with Crippen molar-refractivity contribution in [2.75, 3.05) is 7.11 Å². The smallest absolute Gasteiger partial charge is 0.426 e. The Labute approximate surface area is 127 Å². The molecule has 3 rings (SSSR count). The third-order valence-corrected chi connectivity index (χ3v) is 4.27. The number of hydrogen-bond donors (Lipinski definition) is 1. The van der Waals surface area contributed by atoms with Gasteiger partial charge in [0.1, 0.15) is 4.88 Å². The molecule has 0 atom stereocenters. The summed E-state index contributed by atoms with van der Waals surface area (Å²) < 4.78 is 43.7. The molecular formula is C15H10F3NO2S. The second kappa shape index (κ2) is 5.17. The summed E-state index contributed by atoms with van der Waals surface area (Å²) in [7, 11) is 1.27. The molecule has 2 aromatic heterocycles. The van der Waals surface area contributed by atoms with Crippen LogP contribution in [0.25, 0.3) is 22.0 Å². The quantitative estimate of drug-likeness (QED) is 0.694. The van der Waals surface area contributed by atoms with E-state index < -0.39 is 17.0 Å². The van der Waals surface area contributed by atoms with Gasteiger partial charge < -0.3 is 9.72 Å². The number of alkyl halides is 3. The van der Waals surface area contributed by atoms with Crippen LogP contribution in [0.3, 0.4) is 0 Å². The molecule has 3 aromatic rings. The van der Waals surface area contributed by atoms with Crippen molar-refractivity contribution in [1.29, 1.82) is 0 Å². The number of benzene rings is 1. The normalized spacial score (nSPS) is 11.8. The number of fused-ring (bicyclic) bond motifs is 1. The first-order chi connectivity index (χ1) is 10.4. The lowest BCUT2D eigenvalue weighted by Crippen LogP contribution is -2.03. The summed E-state index contributed by atoms with van der Waals surface area (Å²) >= 11 is 0.662. The predicted molar refractivity (Wildman–Crippen MR) is 78.0 cm³/mol. The molecule has 0 spiro atoms. The fourth-order valence-electron chi connectivity index (χ4n) is 2.33. The summed E-state index contributed by atoms with van der Waals surface area (Å²) in [5, 5.41) is 2.04. The van der Waals surface area contributed by atoms with Crippen LogP contribution in [0.4, 0.5) is 13.2 Å². The van der Waals surface area contributed by atoms with E-state index >= 15 is 0 Å². The Kier molecular flexibility index (Phi) is 3.44. The molecule has 1 N–H and O–H groups in total. The molecule has 0 aliphatic rings. The molecular weight excluding hydrogens is 315 g/mol. The van der Waals surface area contributed by atoms with E-state index in [2.05, 4.69) is 9.72 Å². The SMILES string of the molecule is COC(=O)c1ccc2c(-c3ccsc3C(F)(F)F)c[nH]c2c1. The Morgan fingerprint density at radius 1 is 1.23 bits per heavy atom. The van der Waals surface area contributed by atoms with Crippen molar-refractivity contribution in [3.63, 3.8) is 0 Å². The summed E-state index contributed by atoms with van der Waals surface area (Å²) in [4.78, 5) is 13.8. The number of thiophene rings is 1. The second-order valence-corrected chi connectivity index (χ2v) is 5.53. The van der Waals surface area contributed by atoms with E-state index in [9.17, 15) is 18.0 Å². The number of aromatic amines is 1. The Hall–Kier alpha value is -2.28. The Morgan fingerprint density at radius 2 is 2.00 bits per heavy atom. The summed E-state index contributed by atoms with van der Waals surface area (Å²) in [5.41, 5.74) is 1.51. The first kappa shape index (κ1) is 14.6. The van der Waals surface area contributed by atoms with Crippen molar-refractivity contribution in [2.45, 2.75) is 6.18 Å². The lowest BCUT2D eigenvalue weighted by atomic mass is 10.0. The Morgan fingerprint density at radius 3 is 2.68 bits per heavy atom. The topological polar surface area (TPSA) is 42.1 Å². The van der Waals surface area contributed by atoms with Crippen molar-refractivity contribution in [3.05, 3.63) is 46.3 Å². The molecule has 22 heavy (non-hydrogen) atoms. The molecule has 1 aromatic carbocycles. The van der Waals surface area contributed by atoms with Crippen molar-refractivity contribution >= 4 is 28.2 Å². The Balaban J connectivity index is 2.14. The zero-order valence-corrected chi connectivity index (χ0v) is 12.1. The number of carbonyl (C=O) groups excluding carboxylic acids is 1. The fraction of sp³-hybridized carbons (Fsp3) is 0.133. The van der Waals surface area contributed by atoms with Crippen LogP contribution in [0.2, 0.25) is 0 Å². The van der Waals surface area contributed by atoms with Gasteiger partial charge in [-0.3, -0.25) is 0 Å². The average molecular weight is 325 g/mol. The Bertz CT molecular complexity index is 848. The van der Waals surface area contributed by atoms with Crippen LogP contribution < -0.4 is 0 Å². The van der Waals surface area contributed by atoms with Crippen LogP contribution in [0.5, 0.6) is 0 Å². The van der Waals surface area contributed by atoms with Gasteiger partial charge in [0.05, 0.1) is 12.7 Å². The van der Waals surface area contributed by atoms with Gasteiger partial charge in [-0.05, 0) is 23.6 Å². The number of aromatic nitrogens is 1. The van der Waals surface area contributed by atoms with Gasteiger partial charge in [0.25, 0.3) is 0 Å². The number of carbonyl (C=O) groups is 1. The van der Waals surface area contributed by atoms with E-state index in [4.69, 9.17) is 0 Å².